The molecule has 6 rings (SSSR count). The van der Waals surface area contributed by atoms with Crippen LogP contribution in [0.3, 0.4) is 0 Å². The Bertz CT molecular complexity index is 1470. The molecule has 0 unspecified atom stereocenters. The molecule has 2 aromatic carbocycles. The summed E-state index contributed by atoms with van der Waals surface area (Å²) in [5, 5.41) is 11.6. The topological polar surface area (TPSA) is 138 Å². The number of anilines is 1. The van der Waals surface area contributed by atoms with Gasteiger partial charge in [0.05, 0.1) is 29.2 Å². The maximum atomic E-state index is 13.1. The number of aromatic amines is 1. The molecule has 1 aliphatic carbocycles. The molecule has 5 N–H and O–H groups in total. The summed E-state index contributed by atoms with van der Waals surface area (Å²) < 4.78 is 5.43. The Morgan fingerprint density at radius 3 is 2.68 bits per heavy atom. The second-order valence-electron chi connectivity index (χ2n) is 8.84. The molecule has 3 heterocycles. The number of carbonyl (C=O) groups excluding carboxylic acids is 2. The van der Waals surface area contributed by atoms with Gasteiger partial charge in [-0.25, -0.2) is 5.43 Å². The number of benzene rings is 2. The van der Waals surface area contributed by atoms with Crippen molar-refractivity contribution in [2.45, 2.75) is 25.8 Å². The van der Waals surface area contributed by atoms with Crippen LogP contribution in [0, 0.1) is 12.8 Å². The van der Waals surface area contributed by atoms with Gasteiger partial charge < -0.3 is 20.6 Å². The molecule has 9 nitrogen and oxygen atoms in total. The van der Waals surface area contributed by atoms with Crippen molar-refractivity contribution in [3.63, 3.8) is 0 Å². The summed E-state index contributed by atoms with van der Waals surface area (Å²) in [5.41, 5.74) is 15.0. The highest BCUT2D eigenvalue weighted by Gasteiger charge is 2.31. The van der Waals surface area contributed by atoms with Crippen molar-refractivity contribution in [3.8, 4) is 11.5 Å². The van der Waals surface area contributed by atoms with Crippen LogP contribution in [0.15, 0.2) is 52.1 Å². The number of nitrogens with zero attached hydrogens (tertiary/aromatic N) is 2. The highest BCUT2D eigenvalue weighted by Crippen LogP contribution is 2.35. The Morgan fingerprint density at radius 1 is 1.21 bits per heavy atom. The SMILES string of the molecule is Cc1cc(-c2[nH]c3cc(NC(=O)[C@H](N)C4Cc5ccccc5C4)cc4c3c2C=NNC4=O)on1. The van der Waals surface area contributed by atoms with Crippen molar-refractivity contribution in [2.75, 3.05) is 5.32 Å². The fraction of sp³-hybridized carbons (Fsp3) is 0.200. The molecule has 0 saturated carbocycles. The van der Waals surface area contributed by atoms with E-state index in [2.05, 4.69) is 38.1 Å². The summed E-state index contributed by atoms with van der Waals surface area (Å²) in [6, 6.07) is 12.7. The molecule has 2 aliphatic rings. The van der Waals surface area contributed by atoms with Crippen LogP contribution >= 0.6 is 0 Å². The van der Waals surface area contributed by atoms with Gasteiger partial charge in [-0.15, -0.1) is 0 Å². The monoisotopic (exact) mass is 454 g/mol. The van der Waals surface area contributed by atoms with Crippen molar-refractivity contribution in [1.82, 2.24) is 15.6 Å². The third-order valence-corrected chi connectivity index (χ3v) is 6.58. The minimum Gasteiger partial charge on any atom is -0.354 e. The van der Waals surface area contributed by atoms with E-state index in [0.29, 0.717) is 39.2 Å². The van der Waals surface area contributed by atoms with E-state index in [4.69, 9.17) is 10.3 Å². The number of nitrogens with one attached hydrogen (secondary N) is 3. The quantitative estimate of drug-likeness (QED) is 0.376. The summed E-state index contributed by atoms with van der Waals surface area (Å²) in [6.07, 6.45) is 3.12. The minimum absolute atomic E-state index is 0.0257. The number of hydrogen-bond donors (Lipinski definition) is 4. The molecule has 0 radical (unpaired) electrons. The maximum Gasteiger partial charge on any atom is 0.272 e. The number of hydrogen-bond acceptors (Lipinski definition) is 6. The second kappa shape index (κ2) is 7.67. The van der Waals surface area contributed by atoms with Gasteiger partial charge in [0, 0.05) is 28.2 Å². The van der Waals surface area contributed by atoms with Crippen LogP contribution in [0.4, 0.5) is 5.69 Å². The van der Waals surface area contributed by atoms with E-state index in [0.717, 1.165) is 18.5 Å². The van der Waals surface area contributed by atoms with Crippen molar-refractivity contribution in [1.29, 1.82) is 0 Å². The molecule has 0 saturated heterocycles. The molecular weight excluding hydrogens is 432 g/mol. The zero-order valence-corrected chi connectivity index (χ0v) is 18.4. The lowest BCUT2D eigenvalue weighted by Gasteiger charge is -2.18. The predicted molar refractivity (Wildman–Crippen MR) is 128 cm³/mol. The van der Waals surface area contributed by atoms with Crippen LogP contribution in [-0.2, 0) is 17.6 Å². The fourth-order valence-electron chi connectivity index (χ4n) is 4.92. The van der Waals surface area contributed by atoms with E-state index in [1.54, 1.807) is 24.4 Å². The van der Waals surface area contributed by atoms with E-state index < -0.39 is 6.04 Å². The Morgan fingerprint density at radius 2 is 1.97 bits per heavy atom. The first-order valence-corrected chi connectivity index (χ1v) is 11.1. The normalized spacial score (nSPS) is 15.8. The smallest absolute Gasteiger partial charge is 0.272 e. The van der Waals surface area contributed by atoms with Crippen LogP contribution in [0.25, 0.3) is 22.4 Å². The average molecular weight is 454 g/mol. The zero-order chi connectivity index (χ0) is 23.4. The van der Waals surface area contributed by atoms with Gasteiger partial charge in [-0.05, 0) is 48.9 Å². The molecule has 1 aliphatic heterocycles. The third-order valence-electron chi connectivity index (χ3n) is 6.58. The number of nitrogens with two attached hydrogens (primary N) is 1. The number of rotatable bonds is 4. The van der Waals surface area contributed by atoms with E-state index in [-0.39, 0.29) is 17.7 Å². The number of amides is 2. The van der Waals surface area contributed by atoms with Crippen molar-refractivity contribution in [2.24, 2.45) is 16.8 Å². The van der Waals surface area contributed by atoms with Gasteiger partial charge in [0.1, 0.15) is 0 Å². The number of hydrazone groups is 1. The lowest BCUT2D eigenvalue weighted by molar-refractivity contribution is -0.118. The van der Waals surface area contributed by atoms with Gasteiger partial charge in [0.2, 0.25) is 5.91 Å². The molecule has 0 spiro atoms. The Kier molecular flexibility index (Phi) is 4.59. The van der Waals surface area contributed by atoms with Gasteiger partial charge in [0.15, 0.2) is 5.76 Å². The first kappa shape index (κ1) is 20.4. The highest BCUT2D eigenvalue weighted by atomic mass is 16.5. The fourth-order valence-corrected chi connectivity index (χ4v) is 4.92. The standard InChI is InChI=1S/C25H22N6O3/c1-12-6-20(34-31-12)23-18-11-27-30-24(32)17-9-16(10-19(29-23)21(17)18)28-25(33)22(26)15-7-13-4-2-3-5-14(13)8-15/h2-6,9-11,15,22,29H,7-8,26H2,1H3,(H,28,33)(H,30,32)/t22-/m1/s1. The number of carbonyl (C=O) groups is 2. The van der Waals surface area contributed by atoms with Crippen molar-refractivity contribution < 1.29 is 14.1 Å². The largest absolute Gasteiger partial charge is 0.354 e. The number of fused-ring (bicyclic) bond motifs is 1. The zero-order valence-electron chi connectivity index (χ0n) is 18.4. The predicted octanol–water partition coefficient (Wildman–Crippen LogP) is 2.89. The molecule has 0 bridgehead atoms. The molecule has 2 aromatic heterocycles. The van der Waals surface area contributed by atoms with Crippen LogP contribution < -0.4 is 16.5 Å². The second-order valence-corrected chi connectivity index (χ2v) is 8.84. The molecule has 1 atom stereocenters. The summed E-state index contributed by atoms with van der Waals surface area (Å²) in [6.45, 7) is 1.83. The maximum absolute atomic E-state index is 13.1. The van der Waals surface area contributed by atoms with Gasteiger partial charge in [0.25, 0.3) is 5.91 Å². The summed E-state index contributed by atoms with van der Waals surface area (Å²) in [4.78, 5) is 29.1. The Balaban J connectivity index is 1.33. The number of aromatic nitrogens is 2. The Hall–Kier alpha value is -4.24. The molecular formula is C25H22N6O3. The van der Waals surface area contributed by atoms with Crippen LogP contribution in [0.1, 0.15) is 32.7 Å². The van der Waals surface area contributed by atoms with Crippen LogP contribution in [0.5, 0.6) is 0 Å². The molecule has 34 heavy (non-hydrogen) atoms. The van der Waals surface area contributed by atoms with Gasteiger partial charge in [-0.3, -0.25) is 9.59 Å². The third kappa shape index (κ3) is 3.29. The highest BCUT2D eigenvalue weighted by molar-refractivity contribution is 6.18. The molecule has 9 heteroatoms. The lowest BCUT2D eigenvalue weighted by atomic mass is 9.96. The molecule has 0 fully saturated rings. The number of aryl methyl sites for hydroxylation is 1. The van der Waals surface area contributed by atoms with Crippen LogP contribution in [0.2, 0.25) is 0 Å². The van der Waals surface area contributed by atoms with E-state index in [1.807, 2.05) is 19.1 Å². The summed E-state index contributed by atoms with van der Waals surface area (Å²) in [7, 11) is 0. The van der Waals surface area contributed by atoms with E-state index in [9.17, 15) is 9.59 Å². The van der Waals surface area contributed by atoms with Crippen LogP contribution in [-0.4, -0.2) is 34.2 Å². The van der Waals surface area contributed by atoms with E-state index >= 15 is 0 Å². The lowest BCUT2D eigenvalue weighted by Crippen LogP contribution is -2.42. The first-order chi connectivity index (χ1) is 16.5. The Labute approximate surface area is 194 Å². The molecule has 170 valence electrons. The molecule has 2 amide bonds. The van der Waals surface area contributed by atoms with Crippen molar-refractivity contribution >= 4 is 34.6 Å². The van der Waals surface area contributed by atoms with Gasteiger partial charge >= 0.3 is 0 Å². The summed E-state index contributed by atoms with van der Waals surface area (Å²) in [5.74, 6) is -0.0972. The minimum atomic E-state index is -0.675. The number of H-pyrrole nitrogens is 1. The average Bonchev–Trinajstić information content (AvgIpc) is 3.51. The van der Waals surface area contributed by atoms with Gasteiger partial charge in [-0.1, -0.05) is 29.4 Å². The first-order valence-electron chi connectivity index (χ1n) is 11.1. The van der Waals surface area contributed by atoms with Gasteiger partial charge in [-0.2, -0.15) is 5.10 Å². The van der Waals surface area contributed by atoms with Crippen molar-refractivity contribution in [3.05, 3.63) is 70.4 Å². The molecule has 4 aromatic rings. The van der Waals surface area contributed by atoms with E-state index in [1.165, 1.54) is 11.1 Å². The summed E-state index contributed by atoms with van der Waals surface area (Å²) >= 11 is 0.